The second-order valence-electron chi connectivity index (χ2n) is 3.98. The van der Waals surface area contributed by atoms with Crippen molar-refractivity contribution >= 4 is 5.97 Å². The van der Waals surface area contributed by atoms with Crippen LogP contribution in [-0.2, 0) is 11.2 Å². The number of rotatable bonds is 5. The summed E-state index contributed by atoms with van der Waals surface area (Å²) in [4.78, 5) is 11.8. The fraction of sp³-hybridized carbons (Fsp3) is 0.500. The molecule has 94 valence electrons. The van der Waals surface area contributed by atoms with E-state index < -0.39 is 0 Å². The van der Waals surface area contributed by atoms with E-state index in [4.69, 9.17) is 9.47 Å². The maximum atomic E-state index is 11.8. The van der Waals surface area contributed by atoms with Crippen molar-refractivity contribution in [3.63, 3.8) is 0 Å². The molecule has 0 spiro atoms. The van der Waals surface area contributed by atoms with Gasteiger partial charge >= 0.3 is 5.97 Å². The van der Waals surface area contributed by atoms with E-state index in [0.717, 1.165) is 24.0 Å². The van der Waals surface area contributed by atoms with Crippen LogP contribution in [0.4, 0.5) is 0 Å². The molecule has 1 rings (SSSR count). The van der Waals surface area contributed by atoms with Gasteiger partial charge in [0.1, 0.15) is 11.3 Å². The third-order valence-electron chi connectivity index (χ3n) is 2.53. The van der Waals surface area contributed by atoms with Crippen LogP contribution in [0, 0.1) is 6.92 Å². The third kappa shape index (κ3) is 3.22. The highest BCUT2D eigenvalue weighted by atomic mass is 16.5. The number of ether oxygens (including phenoxy) is 2. The summed E-state index contributed by atoms with van der Waals surface area (Å²) in [5.41, 5.74) is 2.65. The van der Waals surface area contributed by atoms with Crippen LogP contribution in [0.25, 0.3) is 0 Å². The van der Waals surface area contributed by atoms with Crippen molar-refractivity contribution in [2.24, 2.45) is 0 Å². The maximum Gasteiger partial charge on any atom is 0.341 e. The molecule has 0 bridgehead atoms. The molecule has 0 amide bonds. The highest BCUT2D eigenvalue weighted by molar-refractivity contribution is 5.93. The smallest absolute Gasteiger partial charge is 0.341 e. The van der Waals surface area contributed by atoms with Crippen LogP contribution >= 0.6 is 0 Å². The van der Waals surface area contributed by atoms with Gasteiger partial charge in [0.2, 0.25) is 0 Å². The van der Waals surface area contributed by atoms with Crippen molar-refractivity contribution in [1.82, 2.24) is 0 Å². The van der Waals surface area contributed by atoms with Crippen LogP contribution in [0.5, 0.6) is 5.75 Å². The molecular weight excluding hydrogens is 216 g/mol. The molecule has 0 unspecified atom stereocenters. The summed E-state index contributed by atoms with van der Waals surface area (Å²) in [7, 11) is 1.59. The van der Waals surface area contributed by atoms with Crippen molar-refractivity contribution < 1.29 is 14.3 Å². The number of carbonyl (C=O) groups excluding carboxylic acids is 1. The van der Waals surface area contributed by atoms with Crippen molar-refractivity contribution in [1.29, 1.82) is 0 Å². The van der Waals surface area contributed by atoms with Crippen molar-refractivity contribution in [3.05, 3.63) is 28.8 Å². The number of aryl methyl sites for hydroxylation is 2. The van der Waals surface area contributed by atoms with Gasteiger partial charge in [-0.3, -0.25) is 0 Å². The minimum Gasteiger partial charge on any atom is -0.496 e. The van der Waals surface area contributed by atoms with Gasteiger partial charge in [0.05, 0.1) is 13.7 Å². The van der Waals surface area contributed by atoms with E-state index in [9.17, 15) is 4.79 Å². The molecule has 0 atom stereocenters. The normalized spacial score (nSPS) is 10.1. The second-order valence-corrected chi connectivity index (χ2v) is 3.98. The summed E-state index contributed by atoms with van der Waals surface area (Å²) in [6, 6.07) is 3.88. The molecule has 0 aliphatic heterocycles. The van der Waals surface area contributed by atoms with Gasteiger partial charge < -0.3 is 9.47 Å². The number of esters is 1. The van der Waals surface area contributed by atoms with Gasteiger partial charge in [0.15, 0.2) is 0 Å². The molecule has 0 saturated heterocycles. The molecule has 0 aliphatic rings. The van der Waals surface area contributed by atoms with E-state index in [1.807, 2.05) is 13.0 Å². The first kappa shape index (κ1) is 13.6. The van der Waals surface area contributed by atoms with Crippen LogP contribution in [0.15, 0.2) is 12.1 Å². The summed E-state index contributed by atoms with van der Waals surface area (Å²) in [5.74, 6) is 0.335. The SMILES string of the molecule is CCCc1cc(C)cc(C(=O)OCC)c1OC. The average Bonchev–Trinajstić information content (AvgIpc) is 2.29. The van der Waals surface area contributed by atoms with Gasteiger partial charge in [-0.25, -0.2) is 4.79 Å². The van der Waals surface area contributed by atoms with E-state index in [1.165, 1.54) is 0 Å². The monoisotopic (exact) mass is 236 g/mol. The first-order valence-electron chi connectivity index (χ1n) is 5.98. The van der Waals surface area contributed by atoms with Crippen LogP contribution in [0.2, 0.25) is 0 Å². The fourth-order valence-electron chi connectivity index (χ4n) is 1.90. The van der Waals surface area contributed by atoms with E-state index in [-0.39, 0.29) is 5.97 Å². The Morgan fingerprint density at radius 1 is 1.29 bits per heavy atom. The summed E-state index contributed by atoms with van der Waals surface area (Å²) in [6.45, 7) is 6.25. The number of hydrogen-bond acceptors (Lipinski definition) is 3. The lowest BCUT2D eigenvalue weighted by molar-refractivity contribution is 0.0522. The number of hydrogen-bond donors (Lipinski definition) is 0. The van der Waals surface area contributed by atoms with E-state index in [2.05, 4.69) is 13.0 Å². The lowest BCUT2D eigenvalue weighted by atomic mass is 10.0. The Kier molecular flexibility index (Phi) is 5.01. The predicted molar refractivity (Wildman–Crippen MR) is 67.7 cm³/mol. The topological polar surface area (TPSA) is 35.5 Å². The van der Waals surface area contributed by atoms with Crippen LogP contribution < -0.4 is 4.74 Å². The maximum absolute atomic E-state index is 11.8. The van der Waals surface area contributed by atoms with Gasteiger partial charge in [0, 0.05) is 0 Å². The summed E-state index contributed by atoms with van der Waals surface area (Å²) in [6.07, 6.45) is 1.92. The molecule has 0 saturated carbocycles. The Balaban J connectivity index is 3.22. The summed E-state index contributed by atoms with van der Waals surface area (Å²) < 4.78 is 10.4. The molecule has 1 aromatic carbocycles. The molecule has 0 fully saturated rings. The van der Waals surface area contributed by atoms with E-state index in [1.54, 1.807) is 14.0 Å². The summed E-state index contributed by atoms with van der Waals surface area (Å²) >= 11 is 0. The number of methoxy groups -OCH3 is 1. The highest BCUT2D eigenvalue weighted by Crippen LogP contribution is 2.27. The molecule has 0 aliphatic carbocycles. The zero-order chi connectivity index (χ0) is 12.8. The van der Waals surface area contributed by atoms with Crippen molar-refractivity contribution in [2.45, 2.75) is 33.6 Å². The first-order valence-corrected chi connectivity index (χ1v) is 5.98. The molecule has 0 aromatic heterocycles. The minimum atomic E-state index is -0.314. The lowest BCUT2D eigenvalue weighted by Gasteiger charge is -2.13. The third-order valence-corrected chi connectivity index (χ3v) is 2.53. The van der Waals surface area contributed by atoms with Gasteiger partial charge in [0.25, 0.3) is 0 Å². The standard InChI is InChI=1S/C14H20O3/c1-5-7-11-8-10(3)9-12(13(11)16-4)14(15)17-6-2/h8-9H,5-7H2,1-4H3. The van der Waals surface area contributed by atoms with E-state index >= 15 is 0 Å². The van der Waals surface area contributed by atoms with Crippen LogP contribution in [0.1, 0.15) is 41.8 Å². The molecular formula is C14H20O3. The quantitative estimate of drug-likeness (QED) is 0.737. The van der Waals surface area contributed by atoms with Crippen LogP contribution in [0.3, 0.4) is 0 Å². The molecule has 17 heavy (non-hydrogen) atoms. The molecule has 3 nitrogen and oxygen atoms in total. The summed E-state index contributed by atoms with van der Waals surface area (Å²) in [5, 5.41) is 0. The molecule has 0 N–H and O–H groups in total. The zero-order valence-electron chi connectivity index (χ0n) is 11.0. The Labute approximate surface area is 103 Å². The van der Waals surface area contributed by atoms with Crippen molar-refractivity contribution in [3.8, 4) is 5.75 Å². The Hall–Kier alpha value is -1.51. The Morgan fingerprint density at radius 2 is 2.00 bits per heavy atom. The largest absolute Gasteiger partial charge is 0.496 e. The van der Waals surface area contributed by atoms with Crippen molar-refractivity contribution in [2.75, 3.05) is 13.7 Å². The Bertz CT molecular complexity index is 397. The molecule has 1 aromatic rings. The highest BCUT2D eigenvalue weighted by Gasteiger charge is 2.17. The molecule has 3 heteroatoms. The van der Waals surface area contributed by atoms with E-state index in [0.29, 0.717) is 17.9 Å². The first-order chi connectivity index (χ1) is 8.13. The molecule has 0 radical (unpaired) electrons. The van der Waals surface area contributed by atoms with Crippen LogP contribution in [-0.4, -0.2) is 19.7 Å². The minimum absolute atomic E-state index is 0.314. The zero-order valence-corrected chi connectivity index (χ0v) is 11.0. The fourth-order valence-corrected chi connectivity index (χ4v) is 1.90. The predicted octanol–water partition coefficient (Wildman–Crippen LogP) is 3.13. The van der Waals surface area contributed by atoms with Gasteiger partial charge in [-0.15, -0.1) is 0 Å². The lowest BCUT2D eigenvalue weighted by Crippen LogP contribution is -2.09. The van der Waals surface area contributed by atoms with Gasteiger partial charge in [-0.05, 0) is 37.5 Å². The molecule has 0 heterocycles. The number of carbonyl (C=O) groups is 1. The second kappa shape index (κ2) is 6.28. The van der Waals surface area contributed by atoms with Gasteiger partial charge in [-0.1, -0.05) is 19.4 Å². The number of benzene rings is 1. The van der Waals surface area contributed by atoms with Gasteiger partial charge in [-0.2, -0.15) is 0 Å². The Morgan fingerprint density at radius 3 is 2.53 bits per heavy atom. The average molecular weight is 236 g/mol.